The molecule has 2 heterocycles. The van der Waals surface area contributed by atoms with Gasteiger partial charge in [-0.15, -0.1) is 0 Å². The molecule has 0 aromatic carbocycles. The van der Waals surface area contributed by atoms with Gasteiger partial charge in [0.05, 0.1) is 18.4 Å². The topological polar surface area (TPSA) is 163 Å². The molecule has 1 amide bonds. The Kier molecular flexibility index (Phi) is 5.64. The third-order valence-electron chi connectivity index (χ3n) is 3.56. The van der Waals surface area contributed by atoms with E-state index >= 15 is 0 Å². The van der Waals surface area contributed by atoms with Crippen molar-refractivity contribution >= 4 is 29.2 Å². The van der Waals surface area contributed by atoms with Gasteiger partial charge in [0, 0.05) is 0 Å². The first-order chi connectivity index (χ1) is 15.4. The van der Waals surface area contributed by atoms with Gasteiger partial charge < -0.3 is 25.3 Å². The molecule has 2 aromatic rings. The highest BCUT2D eigenvalue weighted by molar-refractivity contribution is 5.81. The molecule has 0 bridgehead atoms. The van der Waals surface area contributed by atoms with E-state index < -0.39 is 55.0 Å². The molecule has 4 N–H and O–H groups in total. The van der Waals surface area contributed by atoms with Crippen LogP contribution in [0.15, 0.2) is 11.1 Å². The van der Waals surface area contributed by atoms with Crippen molar-refractivity contribution in [3.8, 4) is 0 Å². The molecule has 0 saturated carbocycles. The zero-order valence-electron chi connectivity index (χ0n) is 21.3. The van der Waals surface area contributed by atoms with Gasteiger partial charge in [0.1, 0.15) is 24.9 Å². The Hall–Kier alpha value is -3.15. The van der Waals surface area contributed by atoms with E-state index in [0.717, 1.165) is 10.9 Å². The number of carbonyl (C=O) groups excluding carboxylic acids is 2. The van der Waals surface area contributed by atoms with E-state index in [1.807, 2.05) is 0 Å². The smallest absolute Gasteiger partial charge is 0.408 e. The number of nitrogens with one attached hydrogen (secondary N) is 2. The largest absolute Gasteiger partial charge is 0.462 e. The zero-order chi connectivity index (χ0) is 26.1. The highest BCUT2D eigenvalue weighted by Crippen LogP contribution is 2.10. The molecular formula is C18H28N6O6. The standard InChI is InChI=1S/C18H28N6O6/c1-10(2)11(21-17(27)30-18(3,4)5)15(26)29-7-6-28-9-24-8-20-12-13(24)22-16(19)23-14(12)25/h8,10-11H,6-7,9H2,1-5H3,(H,21,27)(H3,19,22,23,25)/t11-/m1/s1/i6D2,7D2. The van der Waals surface area contributed by atoms with Gasteiger partial charge in [-0.05, 0) is 26.7 Å². The monoisotopic (exact) mass is 428 g/mol. The minimum absolute atomic E-state index is 0.0176. The first-order valence-corrected chi connectivity index (χ1v) is 9.00. The summed E-state index contributed by atoms with van der Waals surface area (Å²) in [6.07, 6.45) is 0.209. The van der Waals surface area contributed by atoms with Crippen molar-refractivity contribution in [3.63, 3.8) is 0 Å². The minimum atomic E-state index is -3.27. The lowest BCUT2D eigenvalue weighted by molar-refractivity contribution is -0.149. The van der Waals surface area contributed by atoms with Gasteiger partial charge in [-0.25, -0.2) is 14.6 Å². The lowest BCUT2D eigenvalue weighted by Gasteiger charge is -2.24. The molecule has 166 valence electrons. The van der Waals surface area contributed by atoms with Gasteiger partial charge in [0.2, 0.25) is 5.95 Å². The number of nitrogen functional groups attached to an aromatic ring is 1. The second kappa shape index (κ2) is 9.57. The second-order valence-electron chi connectivity index (χ2n) is 7.60. The number of esters is 1. The summed E-state index contributed by atoms with van der Waals surface area (Å²) in [6, 6.07) is -1.32. The van der Waals surface area contributed by atoms with E-state index in [-0.39, 0.29) is 17.1 Å². The van der Waals surface area contributed by atoms with E-state index in [4.69, 9.17) is 25.4 Å². The van der Waals surface area contributed by atoms with E-state index in [1.54, 1.807) is 34.6 Å². The predicted molar refractivity (Wildman–Crippen MR) is 107 cm³/mol. The summed E-state index contributed by atoms with van der Waals surface area (Å²) in [4.78, 5) is 46.5. The van der Waals surface area contributed by atoms with Gasteiger partial charge in [0.25, 0.3) is 5.56 Å². The maximum atomic E-state index is 12.6. The number of carbonyl (C=O) groups is 2. The van der Waals surface area contributed by atoms with Gasteiger partial charge in [-0.1, -0.05) is 13.8 Å². The summed E-state index contributed by atoms with van der Waals surface area (Å²) in [5.41, 5.74) is 3.94. The average Bonchev–Trinajstić information content (AvgIpc) is 3.05. The van der Waals surface area contributed by atoms with Crippen molar-refractivity contribution in [2.75, 3.05) is 18.9 Å². The third-order valence-corrected chi connectivity index (χ3v) is 3.56. The summed E-state index contributed by atoms with van der Waals surface area (Å²) in [5.74, 6) is -1.97. The van der Waals surface area contributed by atoms with Crippen molar-refractivity contribution in [3.05, 3.63) is 16.7 Å². The number of hydrogen-bond acceptors (Lipinski definition) is 9. The summed E-state index contributed by atoms with van der Waals surface area (Å²) >= 11 is 0. The number of alkyl carbamates (subject to hydrolysis) is 1. The van der Waals surface area contributed by atoms with Crippen LogP contribution in [-0.4, -0.2) is 56.3 Å². The Morgan fingerprint density at radius 1 is 1.37 bits per heavy atom. The van der Waals surface area contributed by atoms with Crippen LogP contribution in [0.1, 0.15) is 40.1 Å². The van der Waals surface area contributed by atoms with Gasteiger partial charge in [0.15, 0.2) is 11.2 Å². The van der Waals surface area contributed by atoms with Crippen molar-refractivity contribution in [1.29, 1.82) is 0 Å². The maximum absolute atomic E-state index is 12.6. The maximum Gasteiger partial charge on any atom is 0.408 e. The van der Waals surface area contributed by atoms with E-state index in [9.17, 15) is 14.4 Å². The molecule has 0 spiro atoms. The molecule has 1 atom stereocenters. The molecule has 0 unspecified atom stereocenters. The normalized spacial score (nSPS) is 15.7. The molecular weight excluding hydrogens is 396 g/mol. The van der Waals surface area contributed by atoms with Crippen LogP contribution in [0.25, 0.3) is 11.2 Å². The fraction of sp³-hybridized carbons (Fsp3) is 0.611. The number of imidazole rings is 1. The van der Waals surface area contributed by atoms with Crippen molar-refractivity contribution < 1.29 is 29.3 Å². The number of aromatic amines is 1. The number of ether oxygens (including phenoxy) is 3. The van der Waals surface area contributed by atoms with Crippen LogP contribution in [-0.2, 0) is 25.7 Å². The number of aromatic nitrogens is 4. The number of nitrogens with two attached hydrogens (primary N) is 1. The minimum Gasteiger partial charge on any atom is -0.462 e. The molecule has 0 radical (unpaired) electrons. The fourth-order valence-corrected chi connectivity index (χ4v) is 2.26. The lowest BCUT2D eigenvalue weighted by Crippen LogP contribution is -2.47. The molecule has 12 heteroatoms. The summed E-state index contributed by atoms with van der Waals surface area (Å²) in [7, 11) is 0. The van der Waals surface area contributed by atoms with Crippen LogP contribution in [0.3, 0.4) is 0 Å². The SMILES string of the molecule is [2H]C([2H])(OCn1cnc2c(=O)[nH]c(N)nc21)C([2H])([2H])OC(=O)[C@H](NC(=O)OC(C)(C)C)C(C)C. The van der Waals surface area contributed by atoms with Gasteiger partial charge >= 0.3 is 12.1 Å². The number of fused-ring (bicyclic) bond motifs is 1. The molecule has 0 aliphatic heterocycles. The third kappa shape index (κ3) is 6.44. The summed E-state index contributed by atoms with van der Waals surface area (Å²) in [6.45, 7) is 0.978. The van der Waals surface area contributed by atoms with Crippen LogP contribution < -0.4 is 16.6 Å². The lowest BCUT2D eigenvalue weighted by atomic mass is 10.1. The molecule has 0 aliphatic carbocycles. The number of amides is 1. The van der Waals surface area contributed by atoms with E-state index in [0.29, 0.717) is 0 Å². The number of nitrogens with zero attached hydrogens (tertiary/aromatic N) is 3. The Morgan fingerprint density at radius 2 is 2.07 bits per heavy atom. The molecule has 0 fully saturated rings. The zero-order valence-corrected chi connectivity index (χ0v) is 17.3. The molecule has 2 rings (SSSR count). The van der Waals surface area contributed by atoms with Crippen LogP contribution in [0.4, 0.5) is 10.7 Å². The quantitative estimate of drug-likeness (QED) is 0.515. The van der Waals surface area contributed by atoms with E-state index in [1.165, 1.54) is 0 Å². The fourth-order valence-electron chi connectivity index (χ4n) is 2.26. The Bertz CT molecular complexity index is 1110. The van der Waals surface area contributed by atoms with Crippen molar-refractivity contribution in [2.24, 2.45) is 5.92 Å². The van der Waals surface area contributed by atoms with Crippen molar-refractivity contribution in [2.45, 2.75) is 53.0 Å². The van der Waals surface area contributed by atoms with Crippen molar-refractivity contribution in [1.82, 2.24) is 24.8 Å². The van der Waals surface area contributed by atoms with Gasteiger partial charge in [-0.3, -0.25) is 14.3 Å². The summed E-state index contributed by atoms with van der Waals surface area (Å²) < 4.78 is 47.8. The highest BCUT2D eigenvalue weighted by Gasteiger charge is 2.28. The molecule has 2 aromatic heterocycles. The first-order valence-electron chi connectivity index (χ1n) is 11.0. The average molecular weight is 428 g/mol. The first kappa shape index (κ1) is 17.7. The number of anilines is 1. The molecule has 0 saturated heterocycles. The van der Waals surface area contributed by atoms with Crippen LogP contribution in [0.2, 0.25) is 0 Å². The summed E-state index contributed by atoms with van der Waals surface area (Å²) in [5, 5.41) is 2.30. The van der Waals surface area contributed by atoms with Gasteiger partial charge in [-0.2, -0.15) is 4.98 Å². The Labute approximate surface area is 178 Å². The Balaban J connectivity index is 2.13. The number of hydrogen-bond donors (Lipinski definition) is 3. The number of H-pyrrole nitrogens is 1. The predicted octanol–water partition coefficient (Wildman–Crippen LogP) is 0.768. The van der Waals surface area contributed by atoms with Crippen LogP contribution in [0.5, 0.6) is 0 Å². The second-order valence-corrected chi connectivity index (χ2v) is 7.60. The molecule has 30 heavy (non-hydrogen) atoms. The van der Waals surface area contributed by atoms with E-state index in [2.05, 4.69) is 20.3 Å². The molecule has 0 aliphatic rings. The van der Waals surface area contributed by atoms with Crippen LogP contribution in [0, 0.1) is 5.92 Å². The Morgan fingerprint density at radius 3 is 2.70 bits per heavy atom. The highest BCUT2D eigenvalue weighted by atomic mass is 16.6. The van der Waals surface area contributed by atoms with Crippen LogP contribution >= 0.6 is 0 Å². The molecule has 12 nitrogen and oxygen atoms in total. The number of rotatable bonds is 8.